The van der Waals surface area contributed by atoms with Crippen LogP contribution in [0.2, 0.25) is 0 Å². The zero-order chi connectivity index (χ0) is 15.4. The van der Waals surface area contributed by atoms with Gasteiger partial charge >= 0.3 is 12.0 Å². The largest absolute Gasteiger partial charge is 0.481 e. The van der Waals surface area contributed by atoms with Crippen LogP contribution in [0.1, 0.15) is 39.5 Å². The molecular formula is C16H26N2O3. The molecule has 2 heterocycles. The second kappa shape index (κ2) is 6.96. The molecular weight excluding hydrogens is 268 g/mol. The van der Waals surface area contributed by atoms with Gasteiger partial charge in [-0.15, -0.1) is 0 Å². The highest BCUT2D eigenvalue weighted by Gasteiger charge is 2.30. The highest BCUT2D eigenvalue weighted by molar-refractivity contribution is 5.75. The van der Waals surface area contributed by atoms with Gasteiger partial charge in [-0.2, -0.15) is 0 Å². The molecule has 0 saturated carbocycles. The van der Waals surface area contributed by atoms with E-state index in [0.717, 1.165) is 38.9 Å². The molecule has 1 saturated heterocycles. The average molecular weight is 294 g/mol. The Labute approximate surface area is 126 Å². The summed E-state index contributed by atoms with van der Waals surface area (Å²) in [6.45, 7) is 7.07. The van der Waals surface area contributed by atoms with Crippen LogP contribution >= 0.6 is 0 Å². The number of carboxylic acid groups (broad SMARTS) is 1. The molecule has 0 aromatic carbocycles. The van der Waals surface area contributed by atoms with Crippen LogP contribution in [0.4, 0.5) is 4.79 Å². The second-order valence-corrected chi connectivity index (χ2v) is 6.47. The first-order chi connectivity index (χ1) is 9.97. The molecule has 2 atom stereocenters. The van der Waals surface area contributed by atoms with E-state index in [1.54, 1.807) is 0 Å². The zero-order valence-electron chi connectivity index (χ0n) is 13.0. The smallest absolute Gasteiger partial charge is 0.320 e. The lowest BCUT2D eigenvalue weighted by atomic mass is 9.85. The van der Waals surface area contributed by atoms with E-state index in [1.165, 1.54) is 5.57 Å². The Morgan fingerprint density at radius 1 is 1.38 bits per heavy atom. The van der Waals surface area contributed by atoms with E-state index in [4.69, 9.17) is 5.11 Å². The number of likely N-dealkylation sites (tertiary alicyclic amines) is 1. The van der Waals surface area contributed by atoms with E-state index < -0.39 is 5.97 Å². The molecule has 2 aliphatic rings. The molecule has 5 heteroatoms. The Balaban J connectivity index is 1.92. The van der Waals surface area contributed by atoms with Crippen molar-refractivity contribution in [3.63, 3.8) is 0 Å². The lowest BCUT2D eigenvalue weighted by Crippen LogP contribution is -2.49. The van der Waals surface area contributed by atoms with Crippen molar-refractivity contribution in [1.29, 1.82) is 0 Å². The molecule has 0 radical (unpaired) electrons. The number of amides is 2. The number of urea groups is 1. The van der Waals surface area contributed by atoms with Crippen LogP contribution < -0.4 is 0 Å². The lowest BCUT2D eigenvalue weighted by molar-refractivity contribution is -0.138. The predicted molar refractivity (Wildman–Crippen MR) is 81.1 cm³/mol. The topological polar surface area (TPSA) is 60.9 Å². The summed E-state index contributed by atoms with van der Waals surface area (Å²) in [5.74, 6) is -0.316. The summed E-state index contributed by atoms with van der Waals surface area (Å²) in [6, 6.07) is 0.120. The molecule has 0 spiro atoms. The molecule has 0 aromatic heterocycles. The van der Waals surface area contributed by atoms with E-state index in [0.29, 0.717) is 12.5 Å². The summed E-state index contributed by atoms with van der Waals surface area (Å²) in [5, 5.41) is 8.93. The minimum absolute atomic E-state index is 0.120. The third-order valence-corrected chi connectivity index (χ3v) is 4.63. The Morgan fingerprint density at radius 2 is 2.14 bits per heavy atom. The number of aliphatic carboxylic acids is 1. The Kier molecular flexibility index (Phi) is 5.26. The molecule has 1 N–H and O–H groups in total. The molecule has 0 bridgehead atoms. The van der Waals surface area contributed by atoms with Crippen LogP contribution in [-0.2, 0) is 4.79 Å². The number of carboxylic acids is 1. The van der Waals surface area contributed by atoms with Gasteiger partial charge in [0.05, 0.1) is 0 Å². The van der Waals surface area contributed by atoms with Gasteiger partial charge in [0.2, 0.25) is 0 Å². The quantitative estimate of drug-likeness (QED) is 0.814. The standard InChI is InChI=1S/C16H26N2O3/c1-12-5-3-7-17(10-12)16(21)18-8-4-6-14(11-18)13(2)9-15(19)20/h5,13-14H,3-4,6-11H2,1-2H3,(H,19,20). The van der Waals surface area contributed by atoms with E-state index in [9.17, 15) is 9.59 Å². The molecule has 2 rings (SSSR count). The van der Waals surface area contributed by atoms with Gasteiger partial charge in [0.15, 0.2) is 0 Å². The molecule has 5 nitrogen and oxygen atoms in total. The highest BCUT2D eigenvalue weighted by Crippen LogP contribution is 2.27. The van der Waals surface area contributed by atoms with Crippen molar-refractivity contribution in [3.05, 3.63) is 11.6 Å². The van der Waals surface area contributed by atoms with Gasteiger partial charge in [-0.3, -0.25) is 4.79 Å². The number of hydrogen-bond acceptors (Lipinski definition) is 2. The van der Waals surface area contributed by atoms with Gasteiger partial charge in [0.1, 0.15) is 0 Å². The maximum absolute atomic E-state index is 12.6. The molecule has 2 amide bonds. The Morgan fingerprint density at radius 3 is 2.81 bits per heavy atom. The maximum atomic E-state index is 12.6. The number of nitrogens with zero attached hydrogens (tertiary/aromatic N) is 2. The van der Waals surface area contributed by atoms with Crippen molar-refractivity contribution < 1.29 is 14.7 Å². The van der Waals surface area contributed by atoms with Gasteiger partial charge < -0.3 is 14.9 Å². The van der Waals surface area contributed by atoms with E-state index >= 15 is 0 Å². The van der Waals surface area contributed by atoms with Crippen molar-refractivity contribution >= 4 is 12.0 Å². The summed E-state index contributed by atoms with van der Waals surface area (Å²) in [6.07, 6.45) is 5.32. The van der Waals surface area contributed by atoms with Crippen molar-refractivity contribution in [2.45, 2.75) is 39.5 Å². The van der Waals surface area contributed by atoms with Crippen LogP contribution in [0.25, 0.3) is 0 Å². The predicted octanol–water partition coefficient (Wildman–Crippen LogP) is 2.58. The van der Waals surface area contributed by atoms with Gasteiger partial charge in [-0.05, 0) is 38.0 Å². The van der Waals surface area contributed by atoms with E-state index in [-0.39, 0.29) is 18.4 Å². The van der Waals surface area contributed by atoms with Gasteiger partial charge in [-0.25, -0.2) is 4.79 Å². The normalized spacial score (nSPS) is 24.5. The van der Waals surface area contributed by atoms with Gasteiger partial charge in [0, 0.05) is 32.6 Å². The molecule has 118 valence electrons. The number of hydrogen-bond donors (Lipinski definition) is 1. The molecule has 0 aliphatic carbocycles. The number of piperidine rings is 1. The van der Waals surface area contributed by atoms with Gasteiger partial charge in [-0.1, -0.05) is 18.6 Å². The van der Waals surface area contributed by atoms with E-state index in [2.05, 4.69) is 13.0 Å². The van der Waals surface area contributed by atoms with E-state index in [1.807, 2.05) is 16.7 Å². The maximum Gasteiger partial charge on any atom is 0.320 e. The second-order valence-electron chi connectivity index (χ2n) is 6.47. The van der Waals surface area contributed by atoms with Crippen molar-refractivity contribution in [2.75, 3.05) is 26.2 Å². The van der Waals surface area contributed by atoms with Crippen LogP contribution in [0.5, 0.6) is 0 Å². The van der Waals surface area contributed by atoms with Crippen molar-refractivity contribution in [1.82, 2.24) is 9.80 Å². The molecule has 21 heavy (non-hydrogen) atoms. The number of rotatable bonds is 3. The number of carbonyl (C=O) groups excluding carboxylic acids is 1. The fourth-order valence-electron chi connectivity index (χ4n) is 3.37. The summed E-state index contributed by atoms with van der Waals surface area (Å²) in [4.78, 5) is 27.3. The first-order valence-corrected chi connectivity index (χ1v) is 7.88. The zero-order valence-corrected chi connectivity index (χ0v) is 13.0. The fourth-order valence-corrected chi connectivity index (χ4v) is 3.37. The minimum Gasteiger partial charge on any atom is -0.481 e. The molecule has 2 unspecified atom stereocenters. The highest BCUT2D eigenvalue weighted by atomic mass is 16.4. The SMILES string of the molecule is CC1=CCCN(C(=O)N2CCCC(C(C)CC(=O)O)C2)C1. The first-order valence-electron chi connectivity index (χ1n) is 7.88. The average Bonchev–Trinajstić information content (AvgIpc) is 2.46. The fraction of sp³-hybridized carbons (Fsp3) is 0.750. The third kappa shape index (κ3) is 4.22. The summed E-state index contributed by atoms with van der Waals surface area (Å²) >= 11 is 0. The van der Waals surface area contributed by atoms with Crippen molar-refractivity contribution in [2.24, 2.45) is 11.8 Å². The van der Waals surface area contributed by atoms with Crippen LogP contribution in [0.3, 0.4) is 0 Å². The Hall–Kier alpha value is -1.52. The summed E-state index contributed by atoms with van der Waals surface area (Å²) < 4.78 is 0. The molecule has 1 fully saturated rings. The summed E-state index contributed by atoms with van der Waals surface area (Å²) in [5.41, 5.74) is 1.25. The van der Waals surface area contributed by atoms with Crippen LogP contribution in [0, 0.1) is 11.8 Å². The van der Waals surface area contributed by atoms with Crippen LogP contribution in [-0.4, -0.2) is 53.1 Å². The Bertz CT molecular complexity index is 433. The third-order valence-electron chi connectivity index (χ3n) is 4.63. The monoisotopic (exact) mass is 294 g/mol. The molecule has 2 aliphatic heterocycles. The van der Waals surface area contributed by atoms with Crippen LogP contribution in [0.15, 0.2) is 11.6 Å². The van der Waals surface area contributed by atoms with Gasteiger partial charge in [0.25, 0.3) is 0 Å². The van der Waals surface area contributed by atoms with Crippen molar-refractivity contribution in [3.8, 4) is 0 Å². The summed E-state index contributed by atoms with van der Waals surface area (Å²) in [7, 11) is 0. The minimum atomic E-state index is -0.747. The first kappa shape index (κ1) is 15.9. The lowest BCUT2D eigenvalue weighted by Gasteiger charge is -2.39. The molecule has 0 aromatic rings. The number of carbonyl (C=O) groups is 2.